The second-order valence-electron chi connectivity index (χ2n) is 12.3. The lowest BCUT2D eigenvalue weighted by Crippen LogP contribution is -2.46. The summed E-state index contributed by atoms with van der Waals surface area (Å²) >= 11 is 6.37. The minimum Gasteiger partial charge on any atom is -0.496 e. The van der Waals surface area contributed by atoms with Gasteiger partial charge in [0.05, 0.1) is 25.9 Å². The number of anilines is 1. The van der Waals surface area contributed by atoms with E-state index in [2.05, 4.69) is 14.9 Å². The number of amides is 1. The second-order valence-corrected chi connectivity index (χ2v) is 12.6. The summed E-state index contributed by atoms with van der Waals surface area (Å²) in [5.41, 5.74) is 1.34. The van der Waals surface area contributed by atoms with Crippen molar-refractivity contribution in [3.8, 4) is 11.8 Å². The summed E-state index contributed by atoms with van der Waals surface area (Å²) in [6.45, 7) is 12.3. The maximum Gasteiger partial charge on any atom is 0.410 e. The number of hydrogen-bond donors (Lipinski definition) is 0. The second kappa shape index (κ2) is 17.3. The first kappa shape index (κ1) is 36.8. The fraction of sp³-hybridized carbons (Fsp3) is 0.606. The molecule has 2 aromatic rings. The number of likely N-dealkylation sites (tertiary alicyclic amines) is 1. The minimum absolute atomic E-state index is 0.0243. The number of methoxy groups -OCH3 is 1. The third-order valence-electron chi connectivity index (χ3n) is 7.54. The van der Waals surface area contributed by atoms with E-state index in [1.54, 1.807) is 30.9 Å². The molecule has 0 atom stereocenters. The lowest BCUT2D eigenvalue weighted by atomic mass is 10.0. The molecule has 1 saturated heterocycles. The SMILES string of the molecule is CCCCOc1nc(Cl)c(C=O)c(N(CC(=O)OCC)Cc2ccc(CN3CCC(N(C)C(=O)OC(C)(C)C)CC3)cc2OC)n1. The van der Waals surface area contributed by atoms with Gasteiger partial charge in [0.25, 0.3) is 0 Å². The van der Waals surface area contributed by atoms with Crippen molar-refractivity contribution in [2.24, 2.45) is 0 Å². The zero-order valence-corrected chi connectivity index (χ0v) is 28.9. The van der Waals surface area contributed by atoms with Crippen LogP contribution in [0.4, 0.5) is 10.6 Å². The predicted molar refractivity (Wildman–Crippen MR) is 176 cm³/mol. The van der Waals surface area contributed by atoms with Crippen LogP contribution in [0.5, 0.6) is 11.8 Å². The van der Waals surface area contributed by atoms with Crippen molar-refractivity contribution in [3.05, 3.63) is 40.0 Å². The average Bonchev–Trinajstić information content (AvgIpc) is 3.00. The van der Waals surface area contributed by atoms with E-state index in [0.717, 1.165) is 49.9 Å². The van der Waals surface area contributed by atoms with E-state index in [4.69, 9.17) is 30.5 Å². The van der Waals surface area contributed by atoms with E-state index in [0.29, 0.717) is 25.2 Å². The highest BCUT2D eigenvalue weighted by Crippen LogP contribution is 2.30. The molecular weight excluding hydrogens is 614 g/mol. The Hall–Kier alpha value is -3.64. The summed E-state index contributed by atoms with van der Waals surface area (Å²) in [6.07, 6.45) is 3.68. The number of rotatable bonds is 15. The number of piperidine rings is 1. The Morgan fingerprint density at radius 1 is 1.15 bits per heavy atom. The number of carbonyl (C=O) groups excluding carboxylic acids is 3. The van der Waals surface area contributed by atoms with Crippen LogP contribution in [0, 0.1) is 0 Å². The average molecular weight is 662 g/mol. The lowest BCUT2D eigenvalue weighted by Gasteiger charge is -2.37. The number of unbranched alkanes of at least 4 members (excludes halogenated alkanes) is 1. The quantitative estimate of drug-likeness (QED) is 0.104. The molecule has 254 valence electrons. The first-order chi connectivity index (χ1) is 21.9. The number of aldehydes is 1. The third kappa shape index (κ3) is 10.7. The van der Waals surface area contributed by atoms with Gasteiger partial charge in [-0.25, -0.2) is 4.79 Å². The van der Waals surface area contributed by atoms with Crippen LogP contribution in [0.2, 0.25) is 5.15 Å². The maximum atomic E-state index is 12.7. The largest absolute Gasteiger partial charge is 0.496 e. The van der Waals surface area contributed by atoms with Crippen molar-refractivity contribution in [2.45, 2.75) is 85.0 Å². The third-order valence-corrected chi connectivity index (χ3v) is 7.82. The first-order valence-corrected chi connectivity index (χ1v) is 16.2. The summed E-state index contributed by atoms with van der Waals surface area (Å²) in [5.74, 6) is 0.303. The number of nitrogens with zero attached hydrogens (tertiary/aromatic N) is 5. The van der Waals surface area contributed by atoms with Crippen molar-refractivity contribution in [1.29, 1.82) is 0 Å². The highest BCUT2D eigenvalue weighted by atomic mass is 35.5. The molecule has 2 heterocycles. The molecular formula is C33H48ClN5O7. The Morgan fingerprint density at radius 3 is 2.48 bits per heavy atom. The molecule has 0 N–H and O–H groups in total. The predicted octanol–water partition coefficient (Wildman–Crippen LogP) is 5.53. The van der Waals surface area contributed by atoms with Crippen molar-refractivity contribution >= 4 is 35.8 Å². The highest BCUT2D eigenvalue weighted by Gasteiger charge is 2.29. The zero-order chi connectivity index (χ0) is 33.9. The standard InChI is InChI=1S/C33H48ClN5O7/c1-8-10-17-45-31-35-29(34)26(22-40)30(36-31)39(21-28(41)44-9-2)20-24-12-11-23(18-27(24)43-7)19-38-15-13-25(14-16-38)37(6)32(42)46-33(3,4)5/h11-12,18,22,25H,8-10,13-17,19-21H2,1-7H3. The molecule has 1 amide bonds. The molecule has 0 saturated carbocycles. The molecule has 13 heteroatoms. The van der Waals surface area contributed by atoms with Gasteiger partial charge in [0.15, 0.2) is 6.29 Å². The van der Waals surface area contributed by atoms with Gasteiger partial charge in [0, 0.05) is 44.8 Å². The Balaban J connectivity index is 1.78. The van der Waals surface area contributed by atoms with E-state index >= 15 is 0 Å². The number of halogens is 1. The van der Waals surface area contributed by atoms with Crippen LogP contribution in [0.25, 0.3) is 0 Å². The monoisotopic (exact) mass is 661 g/mol. The lowest BCUT2D eigenvalue weighted by molar-refractivity contribution is -0.141. The fourth-order valence-electron chi connectivity index (χ4n) is 5.12. The Kier molecular flexibility index (Phi) is 13.9. The molecule has 1 aromatic heterocycles. The van der Waals surface area contributed by atoms with Crippen LogP contribution in [0.1, 0.15) is 81.8 Å². The molecule has 0 aliphatic carbocycles. The van der Waals surface area contributed by atoms with Crippen LogP contribution in [-0.4, -0.2) is 96.8 Å². The fourth-order valence-corrected chi connectivity index (χ4v) is 5.33. The molecule has 12 nitrogen and oxygen atoms in total. The molecule has 0 bridgehead atoms. The van der Waals surface area contributed by atoms with Crippen molar-refractivity contribution in [2.75, 3.05) is 51.9 Å². The molecule has 1 aliphatic heterocycles. The van der Waals surface area contributed by atoms with Gasteiger partial charge < -0.3 is 28.7 Å². The molecule has 1 aromatic carbocycles. The number of esters is 1. The van der Waals surface area contributed by atoms with Crippen LogP contribution in [0.3, 0.4) is 0 Å². The van der Waals surface area contributed by atoms with E-state index in [-0.39, 0.29) is 54.4 Å². The summed E-state index contributed by atoms with van der Waals surface area (Å²) in [6, 6.07) is 6.08. The first-order valence-electron chi connectivity index (χ1n) is 15.8. The molecule has 1 fully saturated rings. The minimum atomic E-state index is -0.530. The number of benzene rings is 1. The van der Waals surface area contributed by atoms with Gasteiger partial charge >= 0.3 is 18.1 Å². The number of aromatic nitrogens is 2. The molecule has 3 rings (SSSR count). The van der Waals surface area contributed by atoms with Crippen LogP contribution in [0.15, 0.2) is 18.2 Å². The van der Waals surface area contributed by atoms with Gasteiger partial charge in [-0.05, 0) is 58.6 Å². The molecule has 46 heavy (non-hydrogen) atoms. The molecule has 0 unspecified atom stereocenters. The van der Waals surface area contributed by atoms with E-state index in [9.17, 15) is 14.4 Å². The summed E-state index contributed by atoms with van der Waals surface area (Å²) in [4.78, 5) is 51.5. The summed E-state index contributed by atoms with van der Waals surface area (Å²) in [7, 11) is 3.39. The van der Waals surface area contributed by atoms with Crippen molar-refractivity contribution < 1.29 is 33.3 Å². The molecule has 0 spiro atoms. The van der Waals surface area contributed by atoms with Gasteiger partial charge in [0.1, 0.15) is 28.9 Å². The Bertz CT molecular complexity index is 1330. The smallest absolute Gasteiger partial charge is 0.410 e. The van der Waals surface area contributed by atoms with Gasteiger partial charge in [-0.15, -0.1) is 0 Å². The number of ether oxygens (including phenoxy) is 4. The molecule has 1 aliphatic rings. The van der Waals surface area contributed by atoms with Gasteiger partial charge in [-0.2, -0.15) is 9.97 Å². The van der Waals surface area contributed by atoms with Gasteiger partial charge in [-0.3, -0.25) is 14.5 Å². The maximum absolute atomic E-state index is 12.7. The Labute approximate surface area is 277 Å². The topological polar surface area (TPSA) is 124 Å². The zero-order valence-electron chi connectivity index (χ0n) is 28.1. The number of hydrogen-bond acceptors (Lipinski definition) is 11. The van der Waals surface area contributed by atoms with Crippen molar-refractivity contribution in [3.63, 3.8) is 0 Å². The molecule has 0 radical (unpaired) electrons. The van der Waals surface area contributed by atoms with Gasteiger partial charge in [-0.1, -0.05) is 37.1 Å². The summed E-state index contributed by atoms with van der Waals surface area (Å²) < 4.78 is 22.2. The highest BCUT2D eigenvalue weighted by molar-refractivity contribution is 6.32. The summed E-state index contributed by atoms with van der Waals surface area (Å²) in [5, 5.41) is -0.0660. The normalized spacial score (nSPS) is 14.0. The van der Waals surface area contributed by atoms with E-state index in [1.807, 2.05) is 45.9 Å². The van der Waals surface area contributed by atoms with Crippen LogP contribution >= 0.6 is 11.6 Å². The van der Waals surface area contributed by atoms with Crippen LogP contribution < -0.4 is 14.4 Å². The number of carbonyl (C=O) groups is 3. The van der Waals surface area contributed by atoms with Crippen LogP contribution in [-0.2, 0) is 27.4 Å². The van der Waals surface area contributed by atoms with E-state index in [1.165, 1.54) is 0 Å². The van der Waals surface area contributed by atoms with E-state index < -0.39 is 11.6 Å². The Morgan fingerprint density at radius 2 is 1.87 bits per heavy atom. The van der Waals surface area contributed by atoms with Gasteiger partial charge in [0.2, 0.25) is 0 Å². The van der Waals surface area contributed by atoms with Crippen molar-refractivity contribution in [1.82, 2.24) is 19.8 Å².